The number of aliphatic hydroxyl groups is 1. The number of benzene rings is 1. The molecule has 7 heteroatoms. The minimum Gasteiger partial charge on any atom is -0.380 e. The number of likely N-dealkylation sites (tertiary alicyclic amines) is 1. The molecule has 0 radical (unpaired) electrons. The van der Waals surface area contributed by atoms with Gasteiger partial charge in [0.05, 0.1) is 24.4 Å². The van der Waals surface area contributed by atoms with E-state index in [-0.39, 0.29) is 10.8 Å². The van der Waals surface area contributed by atoms with E-state index in [1.54, 1.807) is 0 Å². The predicted molar refractivity (Wildman–Crippen MR) is 118 cm³/mol. The number of nitrogens with one attached hydrogen (secondary N) is 1. The quantitative estimate of drug-likeness (QED) is 0.619. The Labute approximate surface area is 182 Å². The summed E-state index contributed by atoms with van der Waals surface area (Å²) in [7, 11) is 0. The summed E-state index contributed by atoms with van der Waals surface area (Å²) in [6.07, 6.45) is 3.44. The van der Waals surface area contributed by atoms with Gasteiger partial charge in [-0.1, -0.05) is 25.1 Å². The highest BCUT2D eigenvalue weighted by molar-refractivity contribution is 5.82. The van der Waals surface area contributed by atoms with Crippen LogP contribution in [0.2, 0.25) is 0 Å². The molecule has 3 aromatic rings. The van der Waals surface area contributed by atoms with Gasteiger partial charge in [0.2, 0.25) is 0 Å². The van der Waals surface area contributed by atoms with Crippen molar-refractivity contribution in [3.63, 3.8) is 0 Å². The number of aromatic nitrogens is 3. The van der Waals surface area contributed by atoms with Gasteiger partial charge < -0.3 is 9.84 Å². The number of hydrogen-bond donors (Lipinski definition) is 2. The molecule has 7 nitrogen and oxygen atoms in total. The fourth-order valence-electron chi connectivity index (χ4n) is 5.36. The van der Waals surface area contributed by atoms with Crippen LogP contribution in [0.5, 0.6) is 0 Å². The fourth-order valence-corrected chi connectivity index (χ4v) is 5.36. The van der Waals surface area contributed by atoms with Crippen molar-refractivity contribution in [2.24, 2.45) is 5.41 Å². The van der Waals surface area contributed by atoms with E-state index in [1.807, 2.05) is 24.4 Å². The Morgan fingerprint density at radius 2 is 2.03 bits per heavy atom. The van der Waals surface area contributed by atoms with Gasteiger partial charge in [-0.15, -0.1) is 0 Å². The second-order valence-electron chi connectivity index (χ2n) is 9.86. The maximum Gasteiger partial charge on any atom is 0.163 e. The molecule has 3 aliphatic rings. The normalized spacial score (nSPS) is 25.7. The topological polar surface area (TPSA) is 75.4 Å². The molecule has 2 unspecified atom stereocenters. The average molecular weight is 420 g/mol. The summed E-state index contributed by atoms with van der Waals surface area (Å²) in [4.78, 5) is 6.78. The van der Waals surface area contributed by atoms with Crippen LogP contribution in [0.4, 0.5) is 0 Å². The zero-order valence-corrected chi connectivity index (χ0v) is 17.9. The zero-order chi connectivity index (χ0) is 21.1. The monoisotopic (exact) mass is 419 g/mol. The maximum atomic E-state index is 10.8. The zero-order valence-electron chi connectivity index (χ0n) is 17.9. The van der Waals surface area contributed by atoms with Gasteiger partial charge in [0.1, 0.15) is 0 Å². The van der Waals surface area contributed by atoms with E-state index in [0.717, 1.165) is 74.4 Å². The first kappa shape index (κ1) is 19.4. The van der Waals surface area contributed by atoms with E-state index in [9.17, 15) is 5.11 Å². The Kier molecular flexibility index (Phi) is 4.44. The summed E-state index contributed by atoms with van der Waals surface area (Å²) >= 11 is 0. The molecular weight excluding hydrogens is 390 g/mol. The SMILES string of the molecule is CC1(CNC(O)N2CCC3(CCn4nc(-c5cnc6ccccc6c5)cc43)C2)COC1. The molecule has 2 aromatic heterocycles. The summed E-state index contributed by atoms with van der Waals surface area (Å²) in [5.74, 6) is 0. The van der Waals surface area contributed by atoms with Crippen molar-refractivity contribution in [3.05, 3.63) is 48.3 Å². The maximum absolute atomic E-state index is 10.8. The van der Waals surface area contributed by atoms with E-state index < -0.39 is 6.35 Å². The summed E-state index contributed by atoms with van der Waals surface area (Å²) in [6, 6.07) is 12.6. The van der Waals surface area contributed by atoms with Crippen molar-refractivity contribution < 1.29 is 9.84 Å². The first-order chi connectivity index (χ1) is 15.0. The third-order valence-electron chi connectivity index (χ3n) is 7.35. The van der Waals surface area contributed by atoms with Gasteiger partial charge in [0, 0.05) is 59.8 Å². The number of ether oxygens (including phenoxy) is 1. The van der Waals surface area contributed by atoms with Crippen LogP contribution in [0.15, 0.2) is 42.6 Å². The minimum atomic E-state index is -0.613. The third kappa shape index (κ3) is 3.27. The molecule has 3 aliphatic heterocycles. The lowest BCUT2D eigenvalue weighted by Crippen LogP contribution is -2.53. The second-order valence-corrected chi connectivity index (χ2v) is 9.86. The first-order valence-electron chi connectivity index (χ1n) is 11.2. The smallest absolute Gasteiger partial charge is 0.163 e. The lowest BCUT2D eigenvalue weighted by molar-refractivity contribution is -0.112. The van der Waals surface area contributed by atoms with Crippen molar-refractivity contribution >= 4 is 10.9 Å². The molecular formula is C24H29N5O2. The Balaban J connectivity index is 1.20. The molecule has 0 saturated carbocycles. The predicted octanol–water partition coefficient (Wildman–Crippen LogP) is 2.35. The van der Waals surface area contributed by atoms with Crippen molar-refractivity contribution in [1.82, 2.24) is 25.0 Å². The highest BCUT2D eigenvalue weighted by atomic mass is 16.5. The number of pyridine rings is 1. The molecule has 162 valence electrons. The van der Waals surface area contributed by atoms with E-state index in [1.165, 1.54) is 5.69 Å². The van der Waals surface area contributed by atoms with Crippen LogP contribution in [-0.2, 0) is 16.7 Å². The van der Waals surface area contributed by atoms with E-state index >= 15 is 0 Å². The third-order valence-corrected chi connectivity index (χ3v) is 7.35. The van der Waals surface area contributed by atoms with E-state index in [0.29, 0.717) is 0 Å². The Bertz CT molecular complexity index is 1120. The molecule has 5 heterocycles. The van der Waals surface area contributed by atoms with Crippen LogP contribution in [0.25, 0.3) is 22.2 Å². The standard InChI is InChI=1S/C24H29N5O2/c1-23(15-31-16-23)13-26-22(30)28-8-6-24(14-28)7-9-29-21(24)11-20(27-29)18-10-17-4-2-3-5-19(17)25-12-18/h2-5,10-12,22,26,30H,6-9,13-16H2,1H3. The van der Waals surface area contributed by atoms with E-state index in [2.05, 4.69) is 45.0 Å². The highest BCUT2D eigenvalue weighted by Crippen LogP contribution is 2.44. The molecule has 0 aliphatic carbocycles. The van der Waals surface area contributed by atoms with Gasteiger partial charge in [-0.2, -0.15) is 5.10 Å². The van der Waals surface area contributed by atoms with Crippen LogP contribution < -0.4 is 5.32 Å². The summed E-state index contributed by atoms with van der Waals surface area (Å²) in [5.41, 5.74) is 4.56. The second kappa shape index (κ2) is 7.10. The molecule has 2 saturated heterocycles. The molecule has 0 bridgehead atoms. The molecule has 0 amide bonds. The van der Waals surface area contributed by atoms with Crippen LogP contribution in [0.3, 0.4) is 0 Å². The van der Waals surface area contributed by atoms with Gasteiger partial charge in [0.15, 0.2) is 6.35 Å². The van der Waals surface area contributed by atoms with Gasteiger partial charge in [-0.3, -0.25) is 19.9 Å². The minimum absolute atomic E-state index is 0.0711. The summed E-state index contributed by atoms with van der Waals surface area (Å²) < 4.78 is 7.49. The highest BCUT2D eigenvalue weighted by Gasteiger charge is 2.47. The number of nitrogens with zero attached hydrogens (tertiary/aromatic N) is 4. The summed E-state index contributed by atoms with van der Waals surface area (Å²) in [6.45, 7) is 7.18. The van der Waals surface area contributed by atoms with Crippen molar-refractivity contribution in [3.8, 4) is 11.3 Å². The Morgan fingerprint density at radius 1 is 1.19 bits per heavy atom. The van der Waals surface area contributed by atoms with E-state index in [4.69, 9.17) is 9.84 Å². The molecule has 2 atom stereocenters. The van der Waals surface area contributed by atoms with Gasteiger partial charge in [0.25, 0.3) is 0 Å². The number of para-hydroxylation sites is 1. The fraction of sp³-hybridized carbons (Fsp3) is 0.500. The number of aliphatic hydroxyl groups excluding tert-OH is 1. The lowest BCUT2D eigenvalue weighted by Gasteiger charge is -2.39. The van der Waals surface area contributed by atoms with Crippen molar-refractivity contribution in [1.29, 1.82) is 0 Å². The molecule has 6 rings (SSSR count). The van der Waals surface area contributed by atoms with Crippen LogP contribution >= 0.6 is 0 Å². The lowest BCUT2D eigenvalue weighted by atomic mass is 9.82. The molecule has 2 N–H and O–H groups in total. The Hall–Kier alpha value is -2.32. The van der Waals surface area contributed by atoms with Crippen LogP contribution in [0.1, 0.15) is 25.5 Å². The molecule has 1 spiro atoms. The van der Waals surface area contributed by atoms with Crippen molar-refractivity contribution in [2.45, 2.75) is 38.1 Å². The van der Waals surface area contributed by atoms with Gasteiger partial charge >= 0.3 is 0 Å². The summed E-state index contributed by atoms with van der Waals surface area (Å²) in [5, 5.41) is 20.1. The molecule has 31 heavy (non-hydrogen) atoms. The van der Waals surface area contributed by atoms with Crippen molar-refractivity contribution in [2.75, 3.05) is 32.8 Å². The molecule has 2 fully saturated rings. The Morgan fingerprint density at radius 3 is 2.87 bits per heavy atom. The number of fused-ring (bicyclic) bond motifs is 3. The number of hydrogen-bond acceptors (Lipinski definition) is 6. The van der Waals surface area contributed by atoms with Gasteiger partial charge in [-0.25, -0.2) is 0 Å². The number of aryl methyl sites for hydroxylation is 1. The average Bonchev–Trinajstić information content (AvgIpc) is 3.47. The molecule has 1 aromatic carbocycles. The van der Waals surface area contributed by atoms with Crippen LogP contribution in [-0.4, -0.2) is 64.0 Å². The number of rotatable bonds is 5. The first-order valence-corrected chi connectivity index (χ1v) is 11.2. The van der Waals surface area contributed by atoms with Gasteiger partial charge in [-0.05, 0) is 31.0 Å². The largest absolute Gasteiger partial charge is 0.380 e. The van der Waals surface area contributed by atoms with Crippen LogP contribution in [0, 0.1) is 5.41 Å².